The summed E-state index contributed by atoms with van der Waals surface area (Å²) in [6, 6.07) is 12.1. The number of benzene rings is 2. The highest BCUT2D eigenvalue weighted by Crippen LogP contribution is 2.43. The first-order valence-corrected chi connectivity index (χ1v) is 11.1. The number of H-pyrrole nitrogens is 1. The van der Waals surface area contributed by atoms with Gasteiger partial charge in [-0.25, -0.2) is 0 Å². The summed E-state index contributed by atoms with van der Waals surface area (Å²) >= 11 is 0.980. The van der Waals surface area contributed by atoms with Gasteiger partial charge in [-0.3, -0.25) is 9.78 Å². The van der Waals surface area contributed by atoms with Crippen LogP contribution in [0.25, 0.3) is 16.4 Å². The van der Waals surface area contributed by atoms with Crippen LogP contribution in [-0.4, -0.2) is 29.9 Å². The second-order valence-corrected chi connectivity index (χ2v) is 8.90. The van der Waals surface area contributed by atoms with Crippen molar-refractivity contribution in [3.63, 3.8) is 0 Å². The first-order chi connectivity index (χ1) is 16.3. The maximum absolute atomic E-state index is 13.4. The summed E-state index contributed by atoms with van der Waals surface area (Å²) in [5.74, 6) is -1.07. The molecule has 3 aromatic heterocycles. The number of rotatable bonds is 3. The van der Waals surface area contributed by atoms with Crippen molar-refractivity contribution < 1.29 is 23.0 Å². The largest absolute Gasteiger partial charge is 0.494 e. The van der Waals surface area contributed by atoms with E-state index >= 15 is 0 Å². The van der Waals surface area contributed by atoms with Crippen molar-refractivity contribution in [2.45, 2.75) is 24.9 Å². The maximum Gasteiger partial charge on any atom is 0.453 e. The van der Waals surface area contributed by atoms with Gasteiger partial charge in [-0.15, -0.1) is 15.3 Å². The lowest BCUT2D eigenvalue weighted by Crippen LogP contribution is -2.13. The topological polar surface area (TPSA) is 105 Å². The SMILES string of the molecule is O=c1[nH]c(O)c([C@@H]2CCc3cc(Oc4nn5c(C(F)(F)F)nnc5c5ccccc45)ccc32)s1. The van der Waals surface area contributed by atoms with Crippen LogP contribution >= 0.6 is 11.3 Å². The lowest BCUT2D eigenvalue weighted by atomic mass is 10.00. The molecule has 8 nitrogen and oxygen atoms in total. The Morgan fingerprint density at radius 3 is 2.68 bits per heavy atom. The number of aromatic amines is 1. The second-order valence-electron chi connectivity index (χ2n) is 7.89. The molecule has 1 aliphatic carbocycles. The van der Waals surface area contributed by atoms with Gasteiger partial charge >= 0.3 is 11.0 Å². The summed E-state index contributed by atoms with van der Waals surface area (Å²) in [5.41, 5.74) is 1.91. The van der Waals surface area contributed by atoms with Crippen LogP contribution in [0.3, 0.4) is 0 Å². The molecule has 6 rings (SSSR count). The average Bonchev–Trinajstić information content (AvgIpc) is 3.49. The van der Waals surface area contributed by atoms with Crippen LogP contribution in [0.1, 0.15) is 34.2 Å². The Morgan fingerprint density at radius 2 is 1.94 bits per heavy atom. The first-order valence-electron chi connectivity index (χ1n) is 10.2. The van der Waals surface area contributed by atoms with E-state index in [9.17, 15) is 23.1 Å². The molecule has 12 heteroatoms. The van der Waals surface area contributed by atoms with E-state index in [0.717, 1.165) is 22.5 Å². The number of fused-ring (bicyclic) bond motifs is 4. The summed E-state index contributed by atoms with van der Waals surface area (Å²) in [7, 11) is 0. The van der Waals surface area contributed by atoms with Gasteiger partial charge in [0.05, 0.1) is 4.88 Å². The molecular weight excluding hydrogens is 471 g/mol. The van der Waals surface area contributed by atoms with E-state index in [2.05, 4.69) is 20.3 Å². The van der Waals surface area contributed by atoms with Crippen molar-refractivity contribution in [1.29, 1.82) is 0 Å². The fraction of sp³-hybridized carbons (Fsp3) is 0.182. The highest BCUT2D eigenvalue weighted by atomic mass is 32.1. The molecule has 34 heavy (non-hydrogen) atoms. The van der Waals surface area contributed by atoms with E-state index in [0.29, 0.717) is 38.8 Å². The normalized spacial score (nSPS) is 15.8. The second kappa shape index (κ2) is 7.29. The Kier molecular flexibility index (Phi) is 4.43. The molecule has 0 amide bonds. The number of halogens is 3. The fourth-order valence-electron chi connectivity index (χ4n) is 4.41. The predicted molar refractivity (Wildman–Crippen MR) is 117 cm³/mol. The van der Waals surface area contributed by atoms with Crippen LogP contribution in [-0.2, 0) is 12.6 Å². The average molecular weight is 485 g/mol. The molecule has 0 fully saturated rings. The number of nitrogens with one attached hydrogen (secondary N) is 1. The van der Waals surface area contributed by atoms with Gasteiger partial charge in [0.1, 0.15) is 5.75 Å². The van der Waals surface area contributed by atoms with Gasteiger partial charge in [0.25, 0.3) is 5.82 Å². The van der Waals surface area contributed by atoms with Crippen molar-refractivity contribution in [2.75, 3.05) is 0 Å². The number of aromatic nitrogens is 5. The minimum absolute atomic E-state index is 0.00982. The molecule has 3 heterocycles. The molecule has 2 N–H and O–H groups in total. The lowest BCUT2D eigenvalue weighted by Gasteiger charge is -2.12. The van der Waals surface area contributed by atoms with Crippen LogP contribution < -0.4 is 9.61 Å². The van der Waals surface area contributed by atoms with Crippen LogP contribution in [0.5, 0.6) is 17.5 Å². The summed E-state index contributed by atoms with van der Waals surface area (Å²) < 4.78 is 46.9. The van der Waals surface area contributed by atoms with Crippen molar-refractivity contribution in [3.05, 3.63) is 74.0 Å². The van der Waals surface area contributed by atoms with Gasteiger partial charge in [0.15, 0.2) is 5.65 Å². The Bertz CT molecular complexity index is 1640. The van der Waals surface area contributed by atoms with Gasteiger partial charge in [0.2, 0.25) is 11.8 Å². The van der Waals surface area contributed by atoms with Gasteiger partial charge in [-0.2, -0.15) is 17.7 Å². The zero-order valence-electron chi connectivity index (χ0n) is 17.1. The molecule has 1 atom stereocenters. The minimum Gasteiger partial charge on any atom is -0.494 e. The lowest BCUT2D eigenvalue weighted by molar-refractivity contribution is -0.146. The zero-order valence-corrected chi connectivity index (χ0v) is 17.9. The smallest absolute Gasteiger partial charge is 0.453 e. The fourth-order valence-corrected chi connectivity index (χ4v) is 5.30. The Morgan fingerprint density at radius 1 is 1.15 bits per heavy atom. The minimum atomic E-state index is -4.73. The molecule has 0 saturated carbocycles. The van der Waals surface area contributed by atoms with E-state index in [-0.39, 0.29) is 28.2 Å². The highest BCUT2D eigenvalue weighted by molar-refractivity contribution is 7.09. The Balaban J connectivity index is 1.42. The molecule has 172 valence electrons. The third-order valence-electron chi connectivity index (χ3n) is 5.86. The first kappa shape index (κ1) is 20.7. The summed E-state index contributed by atoms with van der Waals surface area (Å²) in [6.07, 6.45) is -3.33. The van der Waals surface area contributed by atoms with Crippen LogP contribution in [0, 0.1) is 0 Å². The predicted octanol–water partition coefficient (Wildman–Crippen LogP) is 4.62. The molecule has 2 aromatic carbocycles. The molecule has 5 aromatic rings. The van der Waals surface area contributed by atoms with Gasteiger partial charge in [-0.1, -0.05) is 35.6 Å². The third-order valence-corrected chi connectivity index (χ3v) is 6.85. The van der Waals surface area contributed by atoms with Crippen LogP contribution in [0.15, 0.2) is 47.3 Å². The number of aryl methyl sites for hydroxylation is 1. The van der Waals surface area contributed by atoms with E-state index in [1.807, 2.05) is 6.07 Å². The number of ether oxygens (including phenoxy) is 1. The van der Waals surface area contributed by atoms with Crippen LogP contribution in [0.4, 0.5) is 13.2 Å². The summed E-state index contributed by atoms with van der Waals surface area (Å²) in [5, 5.41) is 22.0. The molecule has 0 radical (unpaired) electrons. The van der Waals surface area contributed by atoms with Gasteiger partial charge < -0.3 is 9.84 Å². The monoisotopic (exact) mass is 485 g/mol. The van der Waals surface area contributed by atoms with E-state index < -0.39 is 12.0 Å². The molecular formula is C22H14F3N5O3S. The number of nitrogens with zero attached hydrogens (tertiary/aromatic N) is 4. The molecule has 0 unspecified atom stereocenters. The number of hydrogen-bond acceptors (Lipinski definition) is 7. The number of hydrogen-bond donors (Lipinski definition) is 2. The van der Waals surface area contributed by atoms with Crippen molar-refractivity contribution in [1.82, 2.24) is 24.8 Å². The zero-order chi connectivity index (χ0) is 23.6. The maximum atomic E-state index is 13.4. The molecule has 0 bridgehead atoms. The molecule has 0 aliphatic heterocycles. The van der Waals surface area contributed by atoms with Crippen LogP contribution in [0.2, 0.25) is 0 Å². The summed E-state index contributed by atoms with van der Waals surface area (Å²) in [6.45, 7) is 0. The van der Waals surface area contributed by atoms with E-state index in [1.165, 1.54) is 0 Å². The van der Waals surface area contributed by atoms with Crippen molar-refractivity contribution in [2.24, 2.45) is 0 Å². The van der Waals surface area contributed by atoms with Gasteiger partial charge in [-0.05, 0) is 42.2 Å². The standard InChI is InChI=1S/C22H14F3N5O3S/c23-22(24,25)20-28-27-17-14-3-1-2-4-15(14)19(29-30(17)20)33-11-6-8-12-10(9-11)5-7-13(12)16-18(31)26-21(32)34-16/h1-4,6,8-9,13,31H,5,7H2,(H,26,32)/t13-/m1/s1. The Labute approximate surface area is 192 Å². The van der Waals surface area contributed by atoms with E-state index in [1.54, 1.807) is 36.4 Å². The number of aromatic hydroxyl groups is 1. The quantitative estimate of drug-likeness (QED) is 0.386. The van der Waals surface area contributed by atoms with E-state index in [4.69, 9.17) is 4.74 Å². The highest BCUT2D eigenvalue weighted by Gasteiger charge is 2.38. The van der Waals surface area contributed by atoms with Crippen molar-refractivity contribution in [3.8, 4) is 17.5 Å². The summed E-state index contributed by atoms with van der Waals surface area (Å²) in [4.78, 5) is 14.3. The van der Waals surface area contributed by atoms with Crippen molar-refractivity contribution >= 4 is 27.8 Å². The third kappa shape index (κ3) is 3.21. The number of alkyl halides is 3. The molecule has 0 saturated heterocycles. The Hall–Kier alpha value is -3.93. The number of thiazole rings is 1. The molecule has 0 spiro atoms. The van der Waals surface area contributed by atoms with Gasteiger partial charge in [0, 0.05) is 16.7 Å². The molecule has 1 aliphatic rings.